The van der Waals surface area contributed by atoms with Crippen LogP contribution in [0, 0.1) is 3.57 Å². The molecule has 0 unspecified atom stereocenters. The van der Waals surface area contributed by atoms with Crippen LogP contribution in [0.5, 0.6) is 5.75 Å². The number of amides is 1. The Kier molecular flexibility index (Phi) is 6.47. The summed E-state index contributed by atoms with van der Waals surface area (Å²) < 4.78 is 7.53. The van der Waals surface area contributed by atoms with Gasteiger partial charge in [-0.25, -0.2) is 0 Å². The van der Waals surface area contributed by atoms with E-state index in [1.165, 1.54) is 0 Å². The average Bonchev–Trinajstić information content (AvgIpc) is 2.50. The summed E-state index contributed by atoms with van der Waals surface area (Å²) in [4.78, 5) is 14.3. The van der Waals surface area contributed by atoms with E-state index in [4.69, 9.17) is 4.74 Å². The molecule has 2 aromatic carbocycles. The summed E-state index contributed by atoms with van der Waals surface area (Å²) in [6, 6.07) is 15.0. The van der Waals surface area contributed by atoms with Gasteiger partial charge in [0.1, 0.15) is 5.75 Å². The Morgan fingerprint density at radius 1 is 1.17 bits per heavy atom. The van der Waals surface area contributed by atoms with Crippen molar-refractivity contribution in [1.29, 1.82) is 0 Å². The highest BCUT2D eigenvalue weighted by Crippen LogP contribution is 2.26. The lowest BCUT2D eigenvalue weighted by atomic mass is 10.3. The van der Waals surface area contributed by atoms with Gasteiger partial charge in [0, 0.05) is 23.9 Å². The molecular weight excluding hydrogens is 471 g/mol. The van der Waals surface area contributed by atoms with Crippen LogP contribution in [0.15, 0.2) is 65.0 Å². The number of benzene rings is 2. The fraction of sp³-hybridized carbons (Fsp3) is 0.118. The molecule has 0 spiro atoms. The van der Waals surface area contributed by atoms with E-state index in [-0.39, 0.29) is 11.7 Å². The Morgan fingerprint density at radius 3 is 2.48 bits per heavy atom. The van der Waals surface area contributed by atoms with E-state index in [9.17, 15) is 4.79 Å². The Labute approximate surface area is 157 Å². The second kappa shape index (κ2) is 8.35. The summed E-state index contributed by atoms with van der Waals surface area (Å²) in [7, 11) is 3.67. The van der Waals surface area contributed by atoms with Gasteiger partial charge in [0.25, 0.3) is 5.91 Å². The molecule has 120 valence electrons. The van der Waals surface area contributed by atoms with Crippen LogP contribution in [-0.4, -0.2) is 24.9 Å². The van der Waals surface area contributed by atoms with Gasteiger partial charge in [0.05, 0.1) is 10.2 Å². The van der Waals surface area contributed by atoms with Crippen LogP contribution in [0.1, 0.15) is 0 Å². The van der Waals surface area contributed by atoms with Crippen LogP contribution in [0.2, 0.25) is 0 Å². The van der Waals surface area contributed by atoms with Crippen LogP contribution < -0.4 is 10.1 Å². The Balaban J connectivity index is 2.24. The van der Waals surface area contributed by atoms with Gasteiger partial charge in [0.2, 0.25) is 5.76 Å². The molecule has 2 aromatic rings. The maximum atomic E-state index is 12.6. The van der Waals surface area contributed by atoms with Gasteiger partial charge in [-0.15, -0.1) is 0 Å². The smallest absolute Gasteiger partial charge is 0.292 e. The zero-order chi connectivity index (χ0) is 16.8. The van der Waals surface area contributed by atoms with E-state index in [0.29, 0.717) is 5.75 Å². The van der Waals surface area contributed by atoms with Gasteiger partial charge in [-0.2, -0.15) is 0 Å². The van der Waals surface area contributed by atoms with Gasteiger partial charge >= 0.3 is 0 Å². The van der Waals surface area contributed by atoms with Crippen LogP contribution in [0.3, 0.4) is 0 Å². The summed E-state index contributed by atoms with van der Waals surface area (Å²) >= 11 is 5.60. The van der Waals surface area contributed by atoms with E-state index in [0.717, 1.165) is 13.7 Å². The third kappa shape index (κ3) is 5.24. The molecule has 0 saturated carbocycles. The fourth-order valence-electron chi connectivity index (χ4n) is 1.76. The third-order valence-electron chi connectivity index (χ3n) is 2.78. The number of nitrogens with one attached hydrogen (secondary N) is 1. The van der Waals surface area contributed by atoms with Crippen molar-refractivity contribution < 1.29 is 9.53 Å². The SMILES string of the molecule is CN(C)/C=C(\Oc1ccccc1Br)C(=O)Nc1ccccc1I. The van der Waals surface area contributed by atoms with Crippen LogP contribution in [0.4, 0.5) is 5.69 Å². The highest BCUT2D eigenvalue weighted by Gasteiger charge is 2.15. The minimum Gasteiger partial charge on any atom is -0.449 e. The number of para-hydroxylation sites is 2. The predicted octanol–water partition coefficient (Wildman–Crippen LogP) is 4.47. The summed E-state index contributed by atoms with van der Waals surface area (Å²) in [6.07, 6.45) is 1.64. The van der Waals surface area contributed by atoms with Gasteiger partial charge in [-0.1, -0.05) is 24.3 Å². The molecule has 0 aliphatic carbocycles. The van der Waals surface area contributed by atoms with Crippen molar-refractivity contribution in [2.24, 2.45) is 0 Å². The standard InChI is InChI=1S/C17H16BrIN2O2/c1-21(2)11-16(23-15-10-6-3-7-12(15)18)17(22)20-14-9-5-4-8-13(14)19/h3-11H,1-2H3,(H,20,22)/b16-11-. The second-order valence-electron chi connectivity index (χ2n) is 4.92. The number of carbonyl (C=O) groups is 1. The molecule has 0 aliphatic heterocycles. The third-order valence-corrected chi connectivity index (χ3v) is 4.37. The lowest BCUT2D eigenvalue weighted by molar-refractivity contribution is -0.114. The monoisotopic (exact) mass is 486 g/mol. The number of carbonyl (C=O) groups excluding carboxylic acids is 1. The van der Waals surface area contributed by atoms with Gasteiger partial charge < -0.3 is 15.0 Å². The Hall–Kier alpha value is -1.54. The van der Waals surface area contributed by atoms with E-state index in [1.54, 1.807) is 17.2 Å². The zero-order valence-electron chi connectivity index (χ0n) is 12.7. The largest absolute Gasteiger partial charge is 0.449 e. The van der Waals surface area contributed by atoms with E-state index >= 15 is 0 Å². The topological polar surface area (TPSA) is 41.6 Å². The first-order chi connectivity index (χ1) is 11.0. The maximum Gasteiger partial charge on any atom is 0.292 e. The molecule has 0 aliphatic rings. The summed E-state index contributed by atoms with van der Waals surface area (Å²) in [5.74, 6) is 0.485. The van der Waals surface area contributed by atoms with E-state index in [1.807, 2.05) is 56.6 Å². The van der Waals surface area contributed by atoms with Crippen LogP contribution >= 0.6 is 38.5 Å². The number of anilines is 1. The van der Waals surface area contributed by atoms with Crippen LogP contribution in [-0.2, 0) is 4.79 Å². The normalized spacial score (nSPS) is 11.0. The molecule has 0 atom stereocenters. The summed E-state index contributed by atoms with van der Waals surface area (Å²) in [5.41, 5.74) is 0.749. The molecule has 6 heteroatoms. The minimum absolute atomic E-state index is 0.210. The highest BCUT2D eigenvalue weighted by atomic mass is 127. The number of rotatable bonds is 5. The van der Waals surface area contributed by atoms with E-state index in [2.05, 4.69) is 43.8 Å². The number of nitrogens with zero attached hydrogens (tertiary/aromatic N) is 1. The number of hydrogen-bond acceptors (Lipinski definition) is 3. The van der Waals surface area contributed by atoms with Crippen LogP contribution in [0.25, 0.3) is 0 Å². The molecular formula is C17H16BrIN2O2. The molecule has 1 amide bonds. The van der Waals surface area contributed by atoms with Crippen molar-refractivity contribution in [3.05, 3.63) is 68.5 Å². The quantitative estimate of drug-likeness (QED) is 0.385. The fourth-order valence-corrected chi connectivity index (χ4v) is 2.65. The van der Waals surface area contributed by atoms with Crippen molar-refractivity contribution in [2.45, 2.75) is 0 Å². The molecule has 0 radical (unpaired) electrons. The van der Waals surface area contributed by atoms with Crippen molar-refractivity contribution in [2.75, 3.05) is 19.4 Å². The van der Waals surface area contributed by atoms with Gasteiger partial charge in [-0.05, 0) is 62.8 Å². The molecule has 4 nitrogen and oxygen atoms in total. The molecule has 0 aromatic heterocycles. The highest BCUT2D eigenvalue weighted by molar-refractivity contribution is 14.1. The van der Waals surface area contributed by atoms with Gasteiger partial charge in [0.15, 0.2) is 0 Å². The van der Waals surface area contributed by atoms with Gasteiger partial charge in [-0.3, -0.25) is 4.79 Å². The molecule has 1 N–H and O–H groups in total. The number of hydrogen-bond donors (Lipinski definition) is 1. The lowest BCUT2D eigenvalue weighted by Gasteiger charge is -2.15. The second-order valence-corrected chi connectivity index (χ2v) is 6.94. The van der Waals surface area contributed by atoms with Crippen molar-refractivity contribution in [3.63, 3.8) is 0 Å². The molecule has 2 rings (SSSR count). The number of halogens is 2. The molecule has 0 heterocycles. The van der Waals surface area contributed by atoms with Crippen molar-refractivity contribution in [3.8, 4) is 5.75 Å². The minimum atomic E-state index is -0.307. The summed E-state index contributed by atoms with van der Waals surface area (Å²) in [6.45, 7) is 0. The predicted molar refractivity (Wildman–Crippen MR) is 104 cm³/mol. The van der Waals surface area contributed by atoms with Crippen molar-refractivity contribution in [1.82, 2.24) is 4.90 Å². The first-order valence-corrected chi connectivity index (χ1v) is 8.71. The average molecular weight is 487 g/mol. The number of ether oxygens (including phenoxy) is 1. The maximum absolute atomic E-state index is 12.6. The Morgan fingerprint density at radius 2 is 1.83 bits per heavy atom. The molecule has 0 fully saturated rings. The lowest BCUT2D eigenvalue weighted by Crippen LogP contribution is -2.21. The van der Waals surface area contributed by atoms with E-state index < -0.39 is 0 Å². The molecule has 0 saturated heterocycles. The first-order valence-electron chi connectivity index (χ1n) is 6.84. The summed E-state index contributed by atoms with van der Waals surface area (Å²) in [5, 5.41) is 2.87. The van der Waals surface area contributed by atoms with Crippen molar-refractivity contribution >= 4 is 50.1 Å². The molecule has 0 bridgehead atoms. The first kappa shape index (κ1) is 17.8. The molecule has 23 heavy (non-hydrogen) atoms. The zero-order valence-corrected chi connectivity index (χ0v) is 16.5. The Bertz CT molecular complexity index is 732.